The molecule has 5 heteroatoms. The second kappa shape index (κ2) is 7.32. The number of rotatable bonds is 4. The Balaban J connectivity index is 1.58. The predicted molar refractivity (Wildman–Crippen MR) is 91.0 cm³/mol. The molecule has 1 aliphatic carbocycles. The zero-order valence-electron chi connectivity index (χ0n) is 14.1. The summed E-state index contributed by atoms with van der Waals surface area (Å²) in [5.41, 5.74) is 0.265. The smallest absolute Gasteiger partial charge is 0.227 e. The number of amides is 2. The van der Waals surface area contributed by atoms with E-state index in [0.717, 1.165) is 31.6 Å². The Hall–Kier alpha value is -1.91. The van der Waals surface area contributed by atoms with Crippen LogP contribution in [0.15, 0.2) is 24.3 Å². The lowest BCUT2D eigenvalue weighted by atomic mass is 9.84. The van der Waals surface area contributed by atoms with Gasteiger partial charge in [-0.3, -0.25) is 9.59 Å². The first-order valence-electron chi connectivity index (χ1n) is 8.93. The third-order valence-electron chi connectivity index (χ3n) is 5.41. The minimum absolute atomic E-state index is 0.0675. The highest BCUT2D eigenvalue weighted by atomic mass is 19.1. The molecule has 1 heterocycles. The lowest BCUT2D eigenvalue weighted by Gasteiger charge is -2.29. The molecule has 3 rings (SSSR count). The Morgan fingerprint density at radius 1 is 1.25 bits per heavy atom. The van der Waals surface area contributed by atoms with E-state index in [4.69, 9.17) is 0 Å². The first-order chi connectivity index (χ1) is 11.6. The number of anilines is 1. The van der Waals surface area contributed by atoms with E-state index >= 15 is 0 Å². The van der Waals surface area contributed by atoms with Gasteiger partial charge in [0.05, 0.1) is 11.6 Å². The lowest BCUT2D eigenvalue weighted by molar-refractivity contribution is -0.127. The number of nitrogens with one attached hydrogen (secondary N) is 1. The van der Waals surface area contributed by atoms with Gasteiger partial charge in [-0.2, -0.15) is 0 Å². The SMILES string of the molecule is CCC1CCC(NC(=O)[C@H]2CC(=O)N(c3ccccc3F)C2)CC1. The molecule has 1 atom stereocenters. The van der Waals surface area contributed by atoms with Crippen molar-refractivity contribution in [3.8, 4) is 0 Å². The average Bonchev–Trinajstić information content (AvgIpc) is 2.98. The lowest BCUT2D eigenvalue weighted by Crippen LogP contribution is -2.41. The summed E-state index contributed by atoms with van der Waals surface area (Å²) < 4.78 is 13.9. The van der Waals surface area contributed by atoms with Crippen LogP contribution in [0.5, 0.6) is 0 Å². The van der Waals surface area contributed by atoms with Crippen LogP contribution in [0.2, 0.25) is 0 Å². The molecule has 4 nitrogen and oxygen atoms in total. The number of benzene rings is 1. The zero-order valence-corrected chi connectivity index (χ0v) is 14.1. The monoisotopic (exact) mass is 332 g/mol. The molecule has 2 fully saturated rings. The van der Waals surface area contributed by atoms with E-state index in [9.17, 15) is 14.0 Å². The molecular weight excluding hydrogens is 307 g/mol. The third-order valence-corrected chi connectivity index (χ3v) is 5.41. The van der Waals surface area contributed by atoms with Gasteiger partial charge in [-0.05, 0) is 43.7 Å². The van der Waals surface area contributed by atoms with Gasteiger partial charge >= 0.3 is 0 Å². The number of carbonyl (C=O) groups excluding carboxylic acids is 2. The van der Waals surface area contributed by atoms with E-state index in [0.29, 0.717) is 0 Å². The first kappa shape index (κ1) is 16.9. The molecule has 1 saturated heterocycles. The summed E-state index contributed by atoms with van der Waals surface area (Å²) in [4.78, 5) is 26.1. The third kappa shape index (κ3) is 3.60. The highest BCUT2D eigenvalue weighted by Crippen LogP contribution is 2.29. The molecule has 24 heavy (non-hydrogen) atoms. The summed E-state index contributed by atoms with van der Waals surface area (Å²) in [6, 6.07) is 6.43. The molecule has 0 radical (unpaired) electrons. The van der Waals surface area contributed by atoms with Crippen LogP contribution in [0.3, 0.4) is 0 Å². The molecule has 1 aromatic rings. The molecular formula is C19H25FN2O2. The van der Waals surface area contributed by atoms with Gasteiger partial charge in [-0.1, -0.05) is 25.5 Å². The summed E-state index contributed by atoms with van der Waals surface area (Å²) in [6.07, 6.45) is 5.71. The van der Waals surface area contributed by atoms with Crippen molar-refractivity contribution in [1.29, 1.82) is 0 Å². The highest BCUT2D eigenvalue weighted by Gasteiger charge is 2.37. The quantitative estimate of drug-likeness (QED) is 0.920. The van der Waals surface area contributed by atoms with Crippen LogP contribution in [0, 0.1) is 17.7 Å². The van der Waals surface area contributed by atoms with Gasteiger partial charge in [-0.25, -0.2) is 4.39 Å². The van der Waals surface area contributed by atoms with Crippen LogP contribution in [0.4, 0.5) is 10.1 Å². The van der Waals surface area contributed by atoms with Crippen LogP contribution in [0.1, 0.15) is 45.4 Å². The molecule has 130 valence electrons. The fourth-order valence-corrected chi connectivity index (χ4v) is 3.82. The molecule has 0 bridgehead atoms. The molecule has 1 saturated carbocycles. The van der Waals surface area contributed by atoms with Crippen molar-refractivity contribution in [1.82, 2.24) is 5.32 Å². The fraction of sp³-hybridized carbons (Fsp3) is 0.579. The fourth-order valence-electron chi connectivity index (χ4n) is 3.82. The molecule has 1 N–H and O–H groups in total. The summed E-state index contributed by atoms with van der Waals surface area (Å²) in [7, 11) is 0. The molecule has 1 aliphatic heterocycles. The van der Waals surface area contributed by atoms with Crippen LogP contribution in [-0.2, 0) is 9.59 Å². The molecule has 0 unspecified atom stereocenters. The van der Waals surface area contributed by atoms with Crippen molar-refractivity contribution in [2.24, 2.45) is 11.8 Å². The van der Waals surface area contributed by atoms with Crippen LogP contribution in [-0.4, -0.2) is 24.4 Å². The number of nitrogens with zero attached hydrogens (tertiary/aromatic N) is 1. The van der Waals surface area contributed by atoms with Crippen molar-refractivity contribution in [3.63, 3.8) is 0 Å². The van der Waals surface area contributed by atoms with Crippen molar-refractivity contribution in [3.05, 3.63) is 30.1 Å². The van der Waals surface area contributed by atoms with Gasteiger partial charge in [0.25, 0.3) is 0 Å². The molecule has 0 aromatic heterocycles. The van der Waals surface area contributed by atoms with E-state index in [2.05, 4.69) is 12.2 Å². The molecule has 1 aromatic carbocycles. The zero-order chi connectivity index (χ0) is 17.1. The van der Waals surface area contributed by atoms with E-state index in [1.165, 1.54) is 17.4 Å². The Bertz CT molecular complexity index is 611. The van der Waals surface area contributed by atoms with Gasteiger partial charge in [0.15, 0.2) is 0 Å². The van der Waals surface area contributed by atoms with Gasteiger partial charge in [0.2, 0.25) is 11.8 Å². The van der Waals surface area contributed by atoms with Gasteiger partial charge in [0.1, 0.15) is 5.82 Å². The van der Waals surface area contributed by atoms with Crippen molar-refractivity contribution >= 4 is 17.5 Å². The molecule has 2 aliphatic rings. The summed E-state index contributed by atoms with van der Waals surface area (Å²) in [5.74, 6) is -0.286. The standard InChI is InChI=1S/C19H25FN2O2/c1-2-13-7-9-15(10-8-13)21-19(24)14-11-18(23)22(12-14)17-6-4-3-5-16(17)20/h3-6,13-15H,2,7-12H2,1H3,(H,21,24)/t13?,14-,15?/m0/s1. The summed E-state index contributed by atoms with van der Waals surface area (Å²) >= 11 is 0. The maximum absolute atomic E-state index is 13.9. The number of halogens is 1. The van der Waals surface area contributed by atoms with Crippen molar-refractivity contribution in [2.45, 2.75) is 51.5 Å². The molecule has 0 spiro atoms. The summed E-state index contributed by atoms with van der Waals surface area (Å²) in [6.45, 7) is 2.47. The van der Waals surface area contributed by atoms with Gasteiger partial charge in [-0.15, -0.1) is 0 Å². The Labute approximate surface area is 142 Å². The number of hydrogen-bond donors (Lipinski definition) is 1. The Kier molecular flexibility index (Phi) is 5.17. The normalized spacial score (nSPS) is 27.3. The van der Waals surface area contributed by atoms with E-state index in [-0.39, 0.29) is 42.4 Å². The first-order valence-corrected chi connectivity index (χ1v) is 8.93. The van der Waals surface area contributed by atoms with Gasteiger partial charge < -0.3 is 10.2 Å². The average molecular weight is 332 g/mol. The Morgan fingerprint density at radius 2 is 1.96 bits per heavy atom. The van der Waals surface area contributed by atoms with Crippen LogP contribution < -0.4 is 10.2 Å². The number of hydrogen-bond acceptors (Lipinski definition) is 2. The minimum Gasteiger partial charge on any atom is -0.353 e. The van der Waals surface area contributed by atoms with E-state index < -0.39 is 5.82 Å². The predicted octanol–water partition coefficient (Wildman–Crippen LogP) is 3.26. The molecule has 2 amide bonds. The van der Waals surface area contributed by atoms with Crippen molar-refractivity contribution in [2.75, 3.05) is 11.4 Å². The largest absolute Gasteiger partial charge is 0.353 e. The second-order valence-corrected chi connectivity index (χ2v) is 6.99. The maximum Gasteiger partial charge on any atom is 0.227 e. The maximum atomic E-state index is 13.9. The topological polar surface area (TPSA) is 49.4 Å². The van der Waals surface area contributed by atoms with E-state index in [1.54, 1.807) is 18.2 Å². The highest BCUT2D eigenvalue weighted by molar-refractivity contribution is 6.00. The second-order valence-electron chi connectivity index (χ2n) is 6.99. The van der Waals surface area contributed by atoms with Gasteiger partial charge in [0, 0.05) is 19.0 Å². The summed E-state index contributed by atoms with van der Waals surface area (Å²) in [5, 5.41) is 3.10. The number of carbonyl (C=O) groups is 2. The van der Waals surface area contributed by atoms with Crippen LogP contribution >= 0.6 is 0 Å². The Morgan fingerprint density at radius 3 is 2.62 bits per heavy atom. The van der Waals surface area contributed by atoms with E-state index in [1.807, 2.05) is 0 Å². The van der Waals surface area contributed by atoms with Crippen LogP contribution in [0.25, 0.3) is 0 Å². The minimum atomic E-state index is -0.426. The van der Waals surface area contributed by atoms with Crippen molar-refractivity contribution < 1.29 is 14.0 Å². The number of para-hydroxylation sites is 1.